The van der Waals surface area contributed by atoms with Gasteiger partial charge < -0.3 is 24.7 Å². The van der Waals surface area contributed by atoms with Crippen LogP contribution in [0.15, 0.2) is 76.1 Å². The SMILES string of the molecule is O=C(O)NC1(c2ccc(-c3c(-c4ccccc4)oc4c(OCCO)nccc4c3=O)cc2)CCC1. The fraction of sp³-hybridized carbons (Fsp3) is 0.222. The third-order valence-corrected chi connectivity index (χ3v) is 6.42. The van der Waals surface area contributed by atoms with E-state index in [4.69, 9.17) is 14.3 Å². The number of hydrogen-bond donors (Lipinski definition) is 3. The van der Waals surface area contributed by atoms with E-state index in [9.17, 15) is 14.7 Å². The molecule has 8 nitrogen and oxygen atoms in total. The quantitative estimate of drug-likeness (QED) is 0.361. The van der Waals surface area contributed by atoms with Gasteiger partial charge in [0.05, 0.1) is 23.1 Å². The van der Waals surface area contributed by atoms with E-state index in [0.29, 0.717) is 27.8 Å². The normalized spacial score (nSPS) is 14.3. The zero-order valence-electron chi connectivity index (χ0n) is 18.9. The van der Waals surface area contributed by atoms with Gasteiger partial charge in [0.1, 0.15) is 12.4 Å². The van der Waals surface area contributed by atoms with E-state index in [1.807, 2.05) is 54.6 Å². The molecule has 0 atom stereocenters. The fourth-order valence-electron chi connectivity index (χ4n) is 4.57. The Morgan fingerprint density at radius 1 is 1.06 bits per heavy atom. The third kappa shape index (κ3) is 4.13. The molecule has 35 heavy (non-hydrogen) atoms. The van der Waals surface area contributed by atoms with Crippen LogP contribution >= 0.6 is 0 Å². The van der Waals surface area contributed by atoms with Crippen molar-refractivity contribution in [2.75, 3.05) is 13.2 Å². The Morgan fingerprint density at radius 2 is 1.80 bits per heavy atom. The first-order valence-electron chi connectivity index (χ1n) is 11.4. The van der Waals surface area contributed by atoms with Gasteiger partial charge in [-0.2, -0.15) is 0 Å². The summed E-state index contributed by atoms with van der Waals surface area (Å²) in [5.74, 6) is 0.513. The second-order valence-corrected chi connectivity index (χ2v) is 8.51. The summed E-state index contributed by atoms with van der Waals surface area (Å²) in [7, 11) is 0. The maximum Gasteiger partial charge on any atom is 0.405 e. The molecule has 2 aromatic carbocycles. The molecule has 2 heterocycles. The van der Waals surface area contributed by atoms with Crippen LogP contribution in [-0.4, -0.2) is 34.5 Å². The molecule has 0 saturated heterocycles. The van der Waals surface area contributed by atoms with Crippen LogP contribution in [-0.2, 0) is 5.54 Å². The Morgan fingerprint density at radius 3 is 2.43 bits per heavy atom. The maximum absolute atomic E-state index is 13.8. The number of amides is 1. The number of hydrogen-bond acceptors (Lipinski definition) is 6. The topological polar surface area (TPSA) is 122 Å². The molecule has 3 N–H and O–H groups in total. The first kappa shape index (κ1) is 22.6. The minimum Gasteiger partial charge on any atom is -0.473 e. The van der Waals surface area contributed by atoms with E-state index >= 15 is 0 Å². The van der Waals surface area contributed by atoms with Gasteiger partial charge in [-0.1, -0.05) is 54.6 Å². The predicted molar refractivity (Wildman–Crippen MR) is 130 cm³/mol. The van der Waals surface area contributed by atoms with Gasteiger partial charge >= 0.3 is 6.09 Å². The monoisotopic (exact) mass is 472 g/mol. The van der Waals surface area contributed by atoms with Crippen molar-refractivity contribution < 1.29 is 24.2 Å². The van der Waals surface area contributed by atoms with E-state index in [0.717, 1.165) is 24.8 Å². The van der Waals surface area contributed by atoms with Crippen molar-refractivity contribution in [3.63, 3.8) is 0 Å². The van der Waals surface area contributed by atoms with Gasteiger partial charge in [-0.3, -0.25) is 4.79 Å². The first-order valence-corrected chi connectivity index (χ1v) is 11.4. The summed E-state index contributed by atoms with van der Waals surface area (Å²) < 4.78 is 11.8. The minimum absolute atomic E-state index is 0.0197. The Balaban J connectivity index is 1.68. The molecule has 8 heteroatoms. The van der Waals surface area contributed by atoms with Gasteiger partial charge in [-0.05, 0) is 36.5 Å². The number of benzene rings is 2. The molecular formula is C27H24N2O6. The number of nitrogens with one attached hydrogen (secondary N) is 1. The summed E-state index contributed by atoms with van der Waals surface area (Å²) in [6, 6.07) is 18.3. The van der Waals surface area contributed by atoms with E-state index in [1.54, 1.807) is 6.07 Å². The molecule has 0 radical (unpaired) electrons. The van der Waals surface area contributed by atoms with Crippen molar-refractivity contribution in [3.8, 4) is 28.3 Å². The number of aromatic nitrogens is 1. The number of carboxylic acid groups (broad SMARTS) is 1. The van der Waals surface area contributed by atoms with Crippen LogP contribution in [0.3, 0.4) is 0 Å². The number of pyridine rings is 1. The summed E-state index contributed by atoms with van der Waals surface area (Å²) in [4.78, 5) is 29.3. The van der Waals surface area contributed by atoms with Gasteiger partial charge in [0.15, 0.2) is 0 Å². The average molecular weight is 472 g/mol. The van der Waals surface area contributed by atoms with Gasteiger partial charge in [-0.25, -0.2) is 9.78 Å². The lowest BCUT2D eigenvalue weighted by atomic mass is 9.71. The Bertz CT molecular complexity index is 1430. The largest absolute Gasteiger partial charge is 0.473 e. The molecule has 1 amide bonds. The number of aliphatic hydroxyl groups is 1. The lowest BCUT2D eigenvalue weighted by Gasteiger charge is -2.42. The van der Waals surface area contributed by atoms with Crippen LogP contribution in [0, 0.1) is 0 Å². The smallest absolute Gasteiger partial charge is 0.405 e. The molecule has 5 rings (SSSR count). The molecule has 0 unspecified atom stereocenters. The van der Waals surface area contributed by atoms with Crippen molar-refractivity contribution >= 4 is 17.1 Å². The summed E-state index contributed by atoms with van der Waals surface area (Å²) in [5, 5.41) is 21.4. The van der Waals surface area contributed by atoms with Gasteiger partial charge in [0.2, 0.25) is 11.0 Å². The molecular weight excluding hydrogens is 448 g/mol. The molecule has 0 bridgehead atoms. The number of carbonyl (C=O) groups is 1. The Labute approximate surface area is 200 Å². The van der Waals surface area contributed by atoms with Crippen LogP contribution in [0.1, 0.15) is 24.8 Å². The van der Waals surface area contributed by atoms with E-state index < -0.39 is 11.6 Å². The van der Waals surface area contributed by atoms with Crippen LogP contribution in [0.2, 0.25) is 0 Å². The van der Waals surface area contributed by atoms with Crippen molar-refractivity contribution in [1.82, 2.24) is 10.3 Å². The molecule has 0 aliphatic heterocycles. The van der Waals surface area contributed by atoms with Gasteiger partial charge in [0, 0.05) is 11.8 Å². The summed E-state index contributed by atoms with van der Waals surface area (Å²) in [6.45, 7) is -0.178. The van der Waals surface area contributed by atoms with Gasteiger partial charge in [-0.15, -0.1) is 0 Å². The molecule has 1 aliphatic rings. The van der Waals surface area contributed by atoms with E-state index in [2.05, 4.69) is 10.3 Å². The van der Waals surface area contributed by atoms with Crippen molar-refractivity contribution in [3.05, 3.63) is 82.6 Å². The van der Waals surface area contributed by atoms with Crippen molar-refractivity contribution in [2.24, 2.45) is 0 Å². The van der Waals surface area contributed by atoms with Crippen LogP contribution in [0.5, 0.6) is 5.88 Å². The first-order chi connectivity index (χ1) is 17.0. The lowest BCUT2D eigenvalue weighted by molar-refractivity contribution is 0.144. The highest BCUT2D eigenvalue weighted by Crippen LogP contribution is 2.42. The second kappa shape index (κ2) is 9.23. The molecule has 0 spiro atoms. The van der Waals surface area contributed by atoms with Crippen molar-refractivity contribution in [1.29, 1.82) is 0 Å². The zero-order valence-corrected chi connectivity index (χ0v) is 18.9. The predicted octanol–water partition coefficient (Wildman–Crippen LogP) is 4.54. The van der Waals surface area contributed by atoms with Crippen LogP contribution in [0.4, 0.5) is 4.79 Å². The minimum atomic E-state index is -1.05. The van der Waals surface area contributed by atoms with Crippen LogP contribution in [0.25, 0.3) is 33.4 Å². The summed E-state index contributed by atoms with van der Waals surface area (Å²) >= 11 is 0. The molecule has 178 valence electrons. The fourth-order valence-corrected chi connectivity index (χ4v) is 4.57. The number of nitrogens with zero attached hydrogens (tertiary/aromatic N) is 1. The molecule has 1 fully saturated rings. The molecule has 1 aliphatic carbocycles. The number of ether oxygens (including phenoxy) is 1. The van der Waals surface area contributed by atoms with Crippen LogP contribution < -0.4 is 15.5 Å². The van der Waals surface area contributed by atoms with Crippen molar-refractivity contribution in [2.45, 2.75) is 24.8 Å². The summed E-state index contributed by atoms with van der Waals surface area (Å²) in [5.41, 5.74) is 2.01. The maximum atomic E-state index is 13.8. The number of aliphatic hydroxyl groups excluding tert-OH is 1. The third-order valence-electron chi connectivity index (χ3n) is 6.42. The average Bonchev–Trinajstić information content (AvgIpc) is 2.85. The molecule has 4 aromatic rings. The molecule has 2 aromatic heterocycles. The number of rotatable bonds is 7. The van der Waals surface area contributed by atoms with Gasteiger partial charge in [0.25, 0.3) is 5.88 Å². The highest BCUT2D eigenvalue weighted by molar-refractivity contribution is 5.90. The highest BCUT2D eigenvalue weighted by Gasteiger charge is 2.40. The lowest BCUT2D eigenvalue weighted by Crippen LogP contribution is -2.50. The highest BCUT2D eigenvalue weighted by atomic mass is 16.5. The molecule has 1 saturated carbocycles. The second-order valence-electron chi connectivity index (χ2n) is 8.51. The summed E-state index contributed by atoms with van der Waals surface area (Å²) in [6.07, 6.45) is 2.83. The Hall–Kier alpha value is -4.17. The van der Waals surface area contributed by atoms with E-state index in [1.165, 1.54) is 6.20 Å². The standard InChI is InChI=1S/C27H24N2O6/c30-15-16-34-25-24-20(11-14-28-25)22(31)21(23(35-24)18-5-2-1-3-6-18)17-7-9-19(10-8-17)27(12-4-13-27)29-26(32)33/h1-3,5-11,14,29-30H,4,12-13,15-16H2,(H,32,33). The Kier molecular flexibility index (Phi) is 5.96. The zero-order chi connectivity index (χ0) is 24.4. The number of fused-ring (bicyclic) bond motifs is 1. The van der Waals surface area contributed by atoms with E-state index in [-0.39, 0.29) is 30.1 Å².